The molecule has 2 N–H and O–H groups in total. The molecule has 0 radical (unpaired) electrons. The van der Waals surface area contributed by atoms with Crippen molar-refractivity contribution in [3.05, 3.63) is 35.8 Å². The highest BCUT2D eigenvalue weighted by molar-refractivity contribution is 5.91. The molecule has 0 spiro atoms. The average Bonchev–Trinajstić information content (AvgIpc) is 2.98. The third kappa shape index (κ3) is 1.87. The molecule has 0 saturated carbocycles. The Balaban J connectivity index is 2.06. The first-order chi connectivity index (χ1) is 9.20. The number of aromatic nitrogens is 4. The fourth-order valence-corrected chi connectivity index (χ4v) is 2.19. The molecule has 0 aromatic carbocycles. The molecule has 0 saturated heterocycles. The van der Waals surface area contributed by atoms with Crippen LogP contribution in [0, 0.1) is 13.8 Å². The van der Waals surface area contributed by atoms with E-state index in [4.69, 9.17) is 0 Å². The maximum absolute atomic E-state index is 4.44. The zero-order valence-corrected chi connectivity index (χ0v) is 11.4. The lowest BCUT2D eigenvalue weighted by molar-refractivity contribution is 0.788. The Morgan fingerprint density at radius 2 is 2.16 bits per heavy atom. The van der Waals surface area contributed by atoms with Gasteiger partial charge in [0.2, 0.25) is 0 Å². The fraction of sp³-hybridized carbons (Fsp3) is 0.286. The van der Waals surface area contributed by atoms with Crippen molar-refractivity contribution >= 4 is 22.5 Å². The van der Waals surface area contributed by atoms with E-state index < -0.39 is 0 Å². The second kappa shape index (κ2) is 4.42. The van der Waals surface area contributed by atoms with Gasteiger partial charge < -0.3 is 9.88 Å². The number of pyridine rings is 1. The van der Waals surface area contributed by atoms with Gasteiger partial charge in [-0.2, -0.15) is 5.10 Å². The minimum Gasteiger partial charge on any atom is -0.338 e. The van der Waals surface area contributed by atoms with Gasteiger partial charge in [0.25, 0.3) is 0 Å². The number of nitrogens with zero attached hydrogens (tertiary/aromatic N) is 3. The molecule has 0 fully saturated rings. The average molecular weight is 255 g/mol. The van der Waals surface area contributed by atoms with Crippen LogP contribution in [0.5, 0.6) is 0 Å². The highest BCUT2D eigenvalue weighted by Crippen LogP contribution is 2.27. The number of aromatic amines is 1. The maximum Gasteiger partial charge on any atom is 0.155 e. The second-order valence-corrected chi connectivity index (χ2v) is 4.64. The maximum atomic E-state index is 4.44. The van der Waals surface area contributed by atoms with Crippen molar-refractivity contribution in [3.63, 3.8) is 0 Å². The summed E-state index contributed by atoms with van der Waals surface area (Å²) in [5.41, 5.74) is 4.25. The fourth-order valence-electron chi connectivity index (χ4n) is 2.19. The lowest BCUT2D eigenvalue weighted by atomic mass is 10.2. The van der Waals surface area contributed by atoms with Gasteiger partial charge in [0.15, 0.2) is 5.82 Å². The Morgan fingerprint density at radius 1 is 1.32 bits per heavy atom. The molecule has 0 atom stereocenters. The Kier molecular flexibility index (Phi) is 2.74. The third-order valence-corrected chi connectivity index (χ3v) is 3.51. The van der Waals surface area contributed by atoms with Gasteiger partial charge in [-0.1, -0.05) is 0 Å². The van der Waals surface area contributed by atoms with Crippen LogP contribution in [0.2, 0.25) is 0 Å². The van der Waals surface area contributed by atoms with E-state index in [1.807, 2.05) is 19.2 Å². The van der Waals surface area contributed by atoms with Gasteiger partial charge in [-0.15, -0.1) is 0 Å². The first kappa shape index (κ1) is 11.8. The lowest BCUT2D eigenvalue weighted by Gasteiger charge is -2.06. The summed E-state index contributed by atoms with van der Waals surface area (Å²) in [6.45, 7) is 7.10. The summed E-state index contributed by atoms with van der Waals surface area (Å²) in [5, 5.41) is 11.8. The Bertz CT molecular complexity index is 723. The standard InChI is InChI=1S/C14H17N5/c1-4-19-8-6-11-12(5-7-15-14(11)19)16-13-9(2)10(3)17-18-13/h5-8H,4H2,1-3H3,(H2,15,16,17,18). The van der Waals surface area contributed by atoms with Crippen molar-refractivity contribution in [2.45, 2.75) is 27.3 Å². The van der Waals surface area contributed by atoms with Gasteiger partial charge in [0.05, 0.1) is 5.69 Å². The van der Waals surface area contributed by atoms with E-state index >= 15 is 0 Å². The van der Waals surface area contributed by atoms with Crippen molar-refractivity contribution in [2.24, 2.45) is 0 Å². The molecule has 3 heterocycles. The van der Waals surface area contributed by atoms with E-state index in [9.17, 15) is 0 Å². The minimum absolute atomic E-state index is 0.870. The largest absolute Gasteiger partial charge is 0.338 e. The number of fused-ring (bicyclic) bond motifs is 1. The van der Waals surface area contributed by atoms with Crippen LogP contribution in [0.25, 0.3) is 11.0 Å². The van der Waals surface area contributed by atoms with Gasteiger partial charge in [-0.05, 0) is 32.9 Å². The second-order valence-electron chi connectivity index (χ2n) is 4.64. The number of aryl methyl sites for hydroxylation is 2. The molecule has 3 rings (SSSR count). The van der Waals surface area contributed by atoms with E-state index in [0.29, 0.717) is 0 Å². The van der Waals surface area contributed by atoms with Crippen LogP contribution >= 0.6 is 0 Å². The first-order valence-corrected chi connectivity index (χ1v) is 6.43. The Hall–Kier alpha value is -2.30. The summed E-state index contributed by atoms with van der Waals surface area (Å²) in [6, 6.07) is 4.06. The molecule has 5 heteroatoms. The van der Waals surface area contributed by atoms with Gasteiger partial charge in [-0.25, -0.2) is 4.98 Å². The van der Waals surface area contributed by atoms with Crippen LogP contribution in [0.15, 0.2) is 24.5 Å². The predicted molar refractivity (Wildman–Crippen MR) is 76.8 cm³/mol. The van der Waals surface area contributed by atoms with Crippen molar-refractivity contribution in [3.8, 4) is 0 Å². The van der Waals surface area contributed by atoms with Gasteiger partial charge in [0, 0.05) is 35.6 Å². The molecule has 19 heavy (non-hydrogen) atoms. The summed E-state index contributed by atoms with van der Waals surface area (Å²) in [7, 11) is 0. The van der Waals surface area contributed by atoms with Crippen molar-refractivity contribution in [2.75, 3.05) is 5.32 Å². The summed E-state index contributed by atoms with van der Waals surface area (Å²) < 4.78 is 2.13. The van der Waals surface area contributed by atoms with E-state index in [1.165, 1.54) is 0 Å². The van der Waals surface area contributed by atoms with Crippen LogP contribution < -0.4 is 5.32 Å². The highest BCUT2D eigenvalue weighted by Gasteiger charge is 2.09. The predicted octanol–water partition coefficient (Wildman–Crippen LogP) is 3.14. The number of nitrogens with one attached hydrogen (secondary N) is 2. The van der Waals surface area contributed by atoms with Crippen LogP contribution in [-0.2, 0) is 6.54 Å². The van der Waals surface area contributed by atoms with Crippen molar-refractivity contribution < 1.29 is 0 Å². The zero-order chi connectivity index (χ0) is 13.4. The van der Waals surface area contributed by atoms with E-state index in [1.54, 1.807) is 0 Å². The molecular weight excluding hydrogens is 238 g/mol. The minimum atomic E-state index is 0.870. The summed E-state index contributed by atoms with van der Waals surface area (Å²) >= 11 is 0. The molecule has 0 bridgehead atoms. The van der Waals surface area contributed by atoms with E-state index in [2.05, 4.69) is 51.2 Å². The van der Waals surface area contributed by atoms with Crippen LogP contribution in [-0.4, -0.2) is 19.7 Å². The summed E-state index contributed by atoms with van der Waals surface area (Å²) in [4.78, 5) is 4.44. The smallest absolute Gasteiger partial charge is 0.155 e. The summed E-state index contributed by atoms with van der Waals surface area (Å²) in [6.07, 6.45) is 3.89. The molecule has 0 aliphatic heterocycles. The zero-order valence-electron chi connectivity index (χ0n) is 11.4. The molecule has 3 aromatic heterocycles. The van der Waals surface area contributed by atoms with Crippen molar-refractivity contribution in [1.29, 1.82) is 0 Å². The Labute approximate surface area is 111 Å². The van der Waals surface area contributed by atoms with Gasteiger partial charge >= 0.3 is 0 Å². The molecule has 98 valence electrons. The third-order valence-electron chi connectivity index (χ3n) is 3.51. The highest BCUT2D eigenvalue weighted by atomic mass is 15.2. The van der Waals surface area contributed by atoms with E-state index in [-0.39, 0.29) is 0 Å². The molecule has 0 amide bonds. The molecule has 0 aliphatic rings. The van der Waals surface area contributed by atoms with Crippen molar-refractivity contribution in [1.82, 2.24) is 19.7 Å². The first-order valence-electron chi connectivity index (χ1n) is 6.43. The number of anilines is 2. The molecule has 0 aliphatic carbocycles. The normalized spacial score (nSPS) is 11.1. The van der Waals surface area contributed by atoms with Crippen LogP contribution in [0.1, 0.15) is 18.2 Å². The molecule has 5 nitrogen and oxygen atoms in total. The molecule has 3 aromatic rings. The molecular formula is C14H17N5. The van der Waals surface area contributed by atoms with Crippen LogP contribution in [0.4, 0.5) is 11.5 Å². The monoisotopic (exact) mass is 255 g/mol. The van der Waals surface area contributed by atoms with Crippen LogP contribution in [0.3, 0.4) is 0 Å². The number of hydrogen-bond donors (Lipinski definition) is 2. The molecule has 0 unspecified atom stereocenters. The summed E-state index contributed by atoms with van der Waals surface area (Å²) in [5.74, 6) is 0.870. The number of hydrogen-bond acceptors (Lipinski definition) is 3. The SMILES string of the molecule is CCn1ccc2c(Nc3n[nH]c(C)c3C)ccnc21. The number of rotatable bonds is 3. The number of H-pyrrole nitrogens is 1. The van der Waals surface area contributed by atoms with E-state index in [0.717, 1.165) is 40.3 Å². The lowest BCUT2D eigenvalue weighted by Crippen LogP contribution is -1.96. The van der Waals surface area contributed by atoms with Gasteiger partial charge in [-0.3, -0.25) is 5.10 Å². The Morgan fingerprint density at radius 3 is 2.84 bits per heavy atom. The quantitative estimate of drug-likeness (QED) is 0.756. The topological polar surface area (TPSA) is 58.5 Å². The van der Waals surface area contributed by atoms with Gasteiger partial charge in [0.1, 0.15) is 5.65 Å².